The second-order valence-electron chi connectivity index (χ2n) is 23.0. The van der Waals surface area contributed by atoms with Crippen molar-refractivity contribution in [3.05, 3.63) is 47.5 Å². The molecule has 2 unspecified atom stereocenters. The molecule has 30 heteroatoms. The largest absolute Gasteiger partial charge is 1.00 e. The Balaban J connectivity index is 0.00000689. The lowest BCUT2D eigenvalue weighted by atomic mass is 10.1. The van der Waals surface area contributed by atoms with E-state index in [1.807, 2.05) is 9.80 Å². The summed E-state index contributed by atoms with van der Waals surface area (Å²) < 4.78 is 57.1. The highest BCUT2D eigenvalue weighted by Gasteiger charge is 2.27. The Hall–Kier alpha value is -4.60. The summed E-state index contributed by atoms with van der Waals surface area (Å²) in [6.45, 7) is 9.55. The Morgan fingerprint density at radius 1 is 0.637 bits per heavy atom. The molecule has 6 rings (SSSR count). The first-order chi connectivity index (χ1) is 36.7. The zero-order valence-corrected chi connectivity index (χ0v) is 50.7. The van der Waals surface area contributed by atoms with Crippen LogP contribution < -0.4 is 61.1 Å². The van der Waals surface area contributed by atoms with E-state index in [9.17, 15) is 28.4 Å². The molecule has 448 valence electrons. The summed E-state index contributed by atoms with van der Waals surface area (Å²) in [7, 11) is 15.7. The van der Waals surface area contributed by atoms with Crippen LogP contribution >= 0.6 is 12.0 Å². The fraction of sp³-hybridized carbons (Fsp3) is 0.600. The van der Waals surface area contributed by atoms with Crippen molar-refractivity contribution in [2.75, 3.05) is 207 Å². The molecule has 2 aromatic carbocycles. The van der Waals surface area contributed by atoms with Crippen molar-refractivity contribution in [1.82, 2.24) is 29.9 Å². The van der Waals surface area contributed by atoms with E-state index < -0.39 is 27.2 Å². The molecule has 0 amide bonds. The number of halogens is 2. The molecule has 0 aliphatic carbocycles. The van der Waals surface area contributed by atoms with Crippen LogP contribution in [0.1, 0.15) is 24.0 Å². The van der Waals surface area contributed by atoms with E-state index in [1.165, 1.54) is 18.2 Å². The zero-order chi connectivity index (χ0) is 56.7. The number of nitrogens with zero attached hydrogens (tertiary/aromatic N) is 12. The second-order valence-corrected chi connectivity index (χ2v) is 25.1. The summed E-state index contributed by atoms with van der Waals surface area (Å²) >= 11 is 0.627. The molecule has 2 aliphatic heterocycles. The Labute approximate surface area is 487 Å². The minimum absolute atomic E-state index is 0. The average Bonchev–Trinajstić information content (AvgIpc) is 3.35. The minimum atomic E-state index is -5.03. The lowest BCUT2D eigenvalue weighted by Crippen LogP contribution is -3.00. The van der Waals surface area contributed by atoms with Crippen molar-refractivity contribution in [2.45, 2.75) is 34.8 Å². The van der Waals surface area contributed by atoms with Gasteiger partial charge in [0.1, 0.15) is 36.3 Å². The van der Waals surface area contributed by atoms with Gasteiger partial charge in [-0.3, -0.25) is 5.04 Å². The standard InChI is InChI=1S/C50H82N16O10S2.2ClH/c1-63(2,3)33-41(67)35-65(7,8)25-11-19-51-45-55-47(59-49(57-45)61-21-27-73-28-22-61)53-39-17-15-37(43(31-39)77-76-75-69)13-14-38-16-18-40(32-44(38)78(70,71)72)54-48-56-46(58-50(60-48)62-23-29-74-30-24-62)52-20-12-26-66(9,10)36-42(68)34-64(4,5)6;;/h13-18,31-32,41-42,67-68H,11-12,19-30,33-36H2,1-10H3,(H4-2,51,52,53,54,55,56,57,58,59,60,69,70,71,72);2*1H/q+2;;/p-2/b14-13+;;. The van der Waals surface area contributed by atoms with Crippen LogP contribution in [0.5, 0.6) is 0 Å². The number of likely N-dealkylation sites (N-methyl/N-ethyl adjacent to an activating group) is 4. The Morgan fingerprint density at radius 3 is 1.48 bits per heavy atom. The van der Waals surface area contributed by atoms with Gasteiger partial charge in [-0.05, 0) is 35.4 Å². The lowest BCUT2D eigenvalue weighted by Gasteiger charge is -2.34. The topological polar surface area (TPSA) is 290 Å². The average molecular weight is 1200 g/mol. The van der Waals surface area contributed by atoms with E-state index in [1.54, 1.807) is 30.3 Å². The summed E-state index contributed by atoms with van der Waals surface area (Å²) in [5.74, 6) is 1.90. The summed E-state index contributed by atoms with van der Waals surface area (Å²) in [6, 6.07) is 9.42. The van der Waals surface area contributed by atoms with Crippen LogP contribution in [0.3, 0.4) is 0 Å². The van der Waals surface area contributed by atoms with Gasteiger partial charge in [0.2, 0.25) is 35.7 Å². The summed E-state index contributed by atoms with van der Waals surface area (Å²) in [6.07, 6.45) is 3.71. The van der Waals surface area contributed by atoms with E-state index in [2.05, 4.69) is 117 Å². The van der Waals surface area contributed by atoms with Crippen LogP contribution in [0.25, 0.3) is 12.2 Å². The number of rotatable bonds is 30. The molecule has 80 heavy (non-hydrogen) atoms. The van der Waals surface area contributed by atoms with Gasteiger partial charge in [0.05, 0.1) is 127 Å². The van der Waals surface area contributed by atoms with Crippen molar-refractivity contribution in [3.63, 3.8) is 0 Å². The molecule has 0 spiro atoms. The van der Waals surface area contributed by atoms with E-state index in [0.29, 0.717) is 162 Å². The van der Waals surface area contributed by atoms with E-state index in [-0.39, 0.29) is 48.0 Å². The Morgan fingerprint density at radius 2 is 1.05 bits per heavy atom. The van der Waals surface area contributed by atoms with Gasteiger partial charge in [-0.25, -0.2) is 8.42 Å². The number of aromatic nitrogens is 6. The van der Waals surface area contributed by atoms with E-state index >= 15 is 0 Å². The number of ether oxygens (including phenoxy) is 2. The van der Waals surface area contributed by atoms with Crippen LogP contribution in [-0.4, -0.2) is 259 Å². The molecule has 4 heterocycles. The van der Waals surface area contributed by atoms with Gasteiger partial charge in [-0.2, -0.15) is 34.2 Å². The first-order valence-corrected chi connectivity index (χ1v) is 28.2. The molecule has 4 aromatic rings. The van der Waals surface area contributed by atoms with Gasteiger partial charge in [-0.15, -0.1) is 0 Å². The van der Waals surface area contributed by atoms with Crippen molar-refractivity contribution in [1.29, 1.82) is 0 Å². The lowest BCUT2D eigenvalue weighted by molar-refractivity contribution is -0.907. The fourth-order valence-electron chi connectivity index (χ4n) is 9.20. The molecule has 26 nitrogen and oxygen atoms in total. The quantitative estimate of drug-likeness (QED) is 0.00545. The van der Waals surface area contributed by atoms with Gasteiger partial charge < -0.3 is 103 Å². The van der Waals surface area contributed by atoms with Gasteiger partial charge in [0, 0.05) is 68.4 Å². The first kappa shape index (κ1) is 67.9. The first-order valence-electron chi connectivity index (χ1n) is 26.1. The molecule has 6 N–H and O–H groups in total. The molecule has 2 aliphatic rings. The van der Waals surface area contributed by atoms with Gasteiger partial charge in [0.25, 0.3) is 0 Å². The van der Waals surface area contributed by atoms with Crippen molar-refractivity contribution in [3.8, 4) is 0 Å². The molecule has 0 saturated carbocycles. The van der Waals surface area contributed by atoms with Crippen LogP contribution in [0, 0.1) is 0 Å². The summed E-state index contributed by atoms with van der Waals surface area (Å²) in [5, 5.41) is 49.2. The highest BCUT2D eigenvalue weighted by atomic mass is 35.5. The van der Waals surface area contributed by atoms with Crippen LogP contribution in [-0.2, 0) is 29.0 Å². The fourth-order valence-corrected chi connectivity index (χ4v) is 10.4. The zero-order valence-electron chi connectivity index (χ0n) is 47.6. The SMILES string of the molecule is C[N+](C)(C)CC(O)C[N+](C)(C)CCCNc1nc(Nc2ccc(/C=C/c3ccc(Nc4nc(NCCC[N+](C)(C)CC(O)C[N+](C)(C)C)nc(N5CCOCC5)n4)cc3S(=O)(=O)[O-])c(SOO[O-])c2)nc(N2CCOCC2)n1.[Cl-].[Cl-]. The predicted molar refractivity (Wildman–Crippen MR) is 298 cm³/mol. The number of nitrogens with one attached hydrogen (secondary N) is 4. The molecule has 2 atom stereocenters. The van der Waals surface area contributed by atoms with Crippen molar-refractivity contribution in [2.24, 2.45) is 0 Å². The van der Waals surface area contributed by atoms with E-state index in [0.717, 1.165) is 25.9 Å². The number of morpholine rings is 2. The number of aliphatic hydroxyl groups is 2. The van der Waals surface area contributed by atoms with Crippen molar-refractivity contribution >= 4 is 81.4 Å². The third-order valence-corrected chi connectivity index (χ3v) is 14.2. The maximum atomic E-state index is 12.9. The molecule has 2 saturated heterocycles. The number of aliphatic hydroxyl groups excluding tert-OH is 2. The Bertz CT molecular complexity index is 2710. The highest BCUT2D eigenvalue weighted by Crippen LogP contribution is 2.32. The van der Waals surface area contributed by atoms with Crippen LogP contribution in [0.4, 0.5) is 47.1 Å². The summed E-state index contributed by atoms with van der Waals surface area (Å²) in [5.41, 5.74) is 1.33. The van der Waals surface area contributed by atoms with Crippen molar-refractivity contribution < 1.29 is 90.0 Å². The maximum absolute atomic E-state index is 12.9. The number of hydrogen-bond acceptors (Lipinski definition) is 23. The number of quaternary nitrogens is 4. The molecule has 2 fully saturated rings. The minimum Gasteiger partial charge on any atom is -1.00 e. The summed E-state index contributed by atoms with van der Waals surface area (Å²) in [4.78, 5) is 31.9. The number of hydrogen-bond donors (Lipinski definition) is 6. The maximum Gasteiger partial charge on any atom is 0.233 e. The monoisotopic (exact) mass is 1200 g/mol. The molecular formula is C50H82Cl2N16O10S2. The third-order valence-electron chi connectivity index (χ3n) is 12.6. The third kappa shape index (κ3) is 23.3. The van der Waals surface area contributed by atoms with Gasteiger partial charge >= 0.3 is 0 Å². The highest BCUT2D eigenvalue weighted by molar-refractivity contribution is 7.94. The predicted octanol–water partition coefficient (Wildman–Crippen LogP) is -4.58. The van der Waals surface area contributed by atoms with E-state index in [4.69, 9.17) is 23.8 Å². The van der Waals surface area contributed by atoms with Crippen LogP contribution in [0.15, 0.2) is 46.2 Å². The molecule has 2 aromatic heterocycles. The number of benzene rings is 2. The molecular weight excluding hydrogens is 1120 g/mol. The smallest absolute Gasteiger partial charge is 0.233 e. The molecule has 0 bridgehead atoms. The number of anilines is 8. The van der Waals surface area contributed by atoms with Gasteiger partial charge in [0.15, 0.2) is 12.2 Å². The Kier molecular flexibility index (Phi) is 26.0. The molecule has 0 radical (unpaired) electrons. The van der Waals surface area contributed by atoms with Crippen LogP contribution in [0.2, 0.25) is 0 Å². The second kappa shape index (κ2) is 30.6. The van der Waals surface area contributed by atoms with Gasteiger partial charge in [-0.1, -0.05) is 24.3 Å². The normalized spacial score (nSPS) is 15.5.